The first-order chi connectivity index (χ1) is 46.0. The average molecular weight is 1870 g/mol. The molecule has 0 heterocycles. The standard InChI is InChI=1S/4C10H9Cl2FO2.C9H9Cl2FO3S.2C8H7Cl2FO.2CH4.H2S.3S/c4*1-5(15-6(2)14)9-7(11)3-4-8(13)10(9)12;1-5(15-16(2,13)14)8-6(10)3-4-7(12)9(8)11;2*1-4(12)7-5(9)2-3-6(11)8(7)10;;;;;;/h4*3-5H,1-2H3;3-5H,1-2H3;2*2-4,12H,1H3;2*1H4;1H2;;;/q;;;;;;;;;;3*-2/p-1/t3*5-;;5-;2*4-;;;;;;/m000.110....../s1. The van der Waals surface area contributed by atoms with Crippen LogP contribution in [0.25, 0.3) is 0 Å². The Labute approximate surface area is 710 Å². The number of ether oxygens (including phenoxy) is 4. The second-order valence-corrected chi connectivity index (χ2v) is 27.2. The van der Waals surface area contributed by atoms with Crippen LogP contribution >= 0.6 is 162 Å². The van der Waals surface area contributed by atoms with Crippen LogP contribution in [-0.4, -0.2) is 48.8 Å². The largest absolute Gasteiger partial charge is 2.00 e. The number of benzene rings is 7. The van der Waals surface area contributed by atoms with Crippen molar-refractivity contribution in [3.8, 4) is 0 Å². The summed E-state index contributed by atoms with van der Waals surface area (Å²) in [6, 6.07) is 17.6. The molecule has 7 aromatic rings. The minimum Gasteiger partial charge on any atom is -2.00 e. The number of rotatable bonds is 13. The van der Waals surface area contributed by atoms with Crippen LogP contribution in [0.3, 0.4) is 0 Å². The van der Waals surface area contributed by atoms with Gasteiger partial charge in [0.15, 0.2) is 0 Å². The molecule has 7 rings (SSSR count). The van der Waals surface area contributed by atoms with E-state index < -0.39 is 117 Å². The van der Waals surface area contributed by atoms with Crippen molar-refractivity contribution in [2.24, 2.45) is 0 Å². The monoisotopic (exact) mass is 1860 g/mol. The zero-order chi connectivity index (χ0) is 77.5. The Morgan fingerprint density at radius 2 is 0.443 bits per heavy atom. The van der Waals surface area contributed by atoms with Crippen LogP contribution in [0.15, 0.2) is 84.9 Å². The van der Waals surface area contributed by atoms with Gasteiger partial charge < -0.3 is 83.1 Å². The summed E-state index contributed by atoms with van der Waals surface area (Å²) < 4.78 is 137. The van der Waals surface area contributed by atoms with E-state index in [4.69, 9.17) is 181 Å². The van der Waals surface area contributed by atoms with E-state index in [1.54, 1.807) is 27.7 Å². The summed E-state index contributed by atoms with van der Waals surface area (Å²) in [4.78, 5) is 42.9. The maximum atomic E-state index is 13.2. The smallest absolute Gasteiger partial charge is 0.303 e. The Kier molecular flexibility index (Phi) is 58.2. The van der Waals surface area contributed by atoms with Crippen molar-refractivity contribution in [1.29, 1.82) is 0 Å². The predicted octanol–water partition coefficient (Wildman–Crippen LogP) is 25.6. The van der Waals surface area contributed by atoms with E-state index in [1.807, 2.05) is 0 Å². The van der Waals surface area contributed by atoms with Gasteiger partial charge in [0.1, 0.15) is 71.2 Å². The molecule has 598 valence electrons. The summed E-state index contributed by atoms with van der Waals surface area (Å²) >= 11 is 80.3. The SMILES string of the molecule is C.C.CC(=O)OC(C)c1c(Cl)ccc(F)c1Cl.CC(=O)O[C@@H](C)c1c(Cl)ccc(F)c1Cl.CC(=O)O[C@@H](C)c1c(Cl)ccc(F)c1Cl.CC(=O)O[C@@H](C)c1c(Cl)ccc(F)c1Cl.C[C@@H](O)c1c(Cl)ccc(F)c1Cl.C[C@@H](OS(C)(=O)=O)c1c(Cl)ccc(F)c1Cl.C[C@H](O)c1c(Cl)ccc(F)c1Cl.[S-2].[S-2].[S-2].[SH-]. The van der Waals surface area contributed by atoms with Crippen molar-refractivity contribution in [1.82, 2.24) is 0 Å². The molecule has 2 N–H and O–H groups in total. The highest BCUT2D eigenvalue weighted by Crippen LogP contribution is 2.40. The highest BCUT2D eigenvalue weighted by Gasteiger charge is 2.25. The van der Waals surface area contributed by atoms with Crippen LogP contribution < -0.4 is 0 Å². The number of halogens is 21. The van der Waals surface area contributed by atoms with Gasteiger partial charge in [0, 0.05) is 102 Å². The van der Waals surface area contributed by atoms with E-state index in [-0.39, 0.29) is 178 Å². The summed E-state index contributed by atoms with van der Waals surface area (Å²) in [7, 11) is -3.66. The highest BCUT2D eigenvalue weighted by molar-refractivity contribution is 7.86. The molecule has 0 aromatic heterocycles. The van der Waals surface area contributed by atoms with Crippen LogP contribution in [0.5, 0.6) is 0 Å². The van der Waals surface area contributed by atoms with Gasteiger partial charge in [0.2, 0.25) is 0 Å². The summed E-state index contributed by atoms with van der Waals surface area (Å²) in [5, 5.41) is 19.2. The molecule has 0 radical (unpaired) electrons. The summed E-state index contributed by atoms with van der Waals surface area (Å²) in [6.45, 7) is 15.7. The second kappa shape index (κ2) is 54.0. The first kappa shape index (κ1) is 114. The zero-order valence-corrected chi connectivity index (χ0v) is 70.3. The van der Waals surface area contributed by atoms with E-state index in [0.717, 1.165) is 48.7 Å². The number of esters is 4. The Bertz CT molecular complexity index is 3780. The van der Waals surface area contributed by atoms with Gasteiger partial charge in [0.05, 0.1) is 53.6 Å². The second-order valence-electron chi connectivity index (χ2n) is 20.1. The van der Waals surface area contributed by atoms with Gasteiger partial charge in [-0.05, 0) is 133 Å². The van der Waals surface area contributed by atoms with Crippen LogP contribution in [0.4, 0.5) is 30.7 Å². The molecule has 0 spiro atoms. The predicted molar refractivity (Wildman–Crippen MR) is 426 cm³/mol. The van der Waals surface area contributed by atoms with E-state index in [0.29, 0.717) is 0 Å². The van der Waals surface area contributed by atoms with Crippen molar-refractivity contribution >= 4 is 250 Å². The first-order valence-electron chi connectivity index (χ1n) is 27.9. The van der Waals surface area contributed by atoms with Gasteiger partial charge in [-0.3, -0.25) is 23.4 Å². The zero-order valence-electron chi connectivity index (χ0n) is 55.5. The fourth-order valence-electron chi connectivity index (χ4n) is 7.97. The Balaban J connectivity index is -0.000000273. The third-order valence-electron chi connectivity index (χ3n) is 12.1. The number of hydrogen-bond acceptors (Lipinski definition) is 14. The van der Waals surface area contributed by atoms with Gasteiger partial charge in [-0.2, -0.15) is 8.42 Å². The number of aliphatic hydroxyl groups excluding tert-OH is 2. The van der Waals surface area contributed by atoms with E-state index in [2.05, 4.69) is 4.18 Å². The number of hydrogen-bond donors (Lipinski definition) is 2. The Morgan fingerprint density at radius 1 is 0.311 bits per heavy atom. The minimum atomic E-state index is -3.66. The molecule has 0 fully saturated rings. The molecule has 7 atom stereocenters. The molecule has 1 unspecified atom stereocenters. The summed E-state index contributed by atoms with van der Waals surface area (Å²) in [6.07, 6.45) is -4.44. The van der Waals surface area contributed by atoms with Gasteiger partial charge in [0.25, 0.3) is 10.1 Å². The fraction of sp³-hybridized carbons (Fsp3) is 0.313. The van der Waals surface area contributed by atoms with Crippen LogP contribution in [0.2, 0.25) is 70.3 Å². The summed E-state index contributed by atoms with van der Waals surface area (Å²) in [5.41, 5.74) is 1.73. The molecule has 13 nitrogen and oxygen atoms in total. The van der Waals surface area contributed by atoms with Crippen molar-refractivity contribution in [2.75, 3.05) is 6.26 Å². The van der Waals surface area contributed by atoms with E-state index in [1.165, 1.54) is 90.9 Å². The van der Waals surface area contributed by atoms with Gasteiger partial charge in [-0.25, -0.2) is 30.7 Å². The molecule has 0 aliphatic heterocycles. The van der Waals surface area contributed by atoms with Crippen LogP contribution in [0, 0.1) is 40.7 Å². The maximum Gasteiger partial charge on any atom is 0.303 e. The molecule has 0 aliphatic rings. The number of carbonyl (C=O) groups excluding carboxylic acids is 4. The van der Waals surface area contributed by atoms with Crippen LogP contribution in [0.1, 0.15) is 173 Å². The molecule has 106 heavy (non-hydrogen) atoms. The molecule has 0 aliphatic carbocycles. The molecule has 39 heteroatoms. The van der Waals surface area contributed by atoms with Crippen LogP contribution in [-0.2, 0) is 106 Å². The van der Waals surface area contributed by atoms with E-state index >= 15 is 0 Å². The fourth-order valence-corrected chi connectivity index (χ4v) is 13.4. The topological polar surface area (TPSA) is 189 Å². The number of aliphatic hydroxyl groups is 2. The Morgan fingerprint density at radius 3 is 0.566 bits per heavy atom. The minimum absolute atomic E-state index is 0. The van der Waals surface area contributed by atoms with Crippen molar-refractivity contribution in [2.45, 2.75) is 134 Å². The van der Waals surface area contributed by atoms with E-state index in [9.17, 15) is 68.5 Å². The van der Waals surface area contributed by atoms with Crippen molar-refractivity contribution in [3.63, 3.8) is 0 Å². The number of thiol groups is 1. The first-order valence-corrected chi connectivity index (χ1v) is 35.0. The van der Waals surface area contributed by atoms with Crippen molar-refractivity contribution < 1.29 is 91.7 Å². The Hall–Kier alpha value is -2.78. The third-order valence-corrected chi connectivity index (χ3v) is 17.7. The molecule has 7 aromatic carbocycles. The lowest BCUT2D eigenvalue weighted by Crippen LogP contribution is -2.09. The van der Waals surface area contributed by atoms with Gasteiger partial charge in [-0.1, -0.05) is 177 Å². The number of carbonyl (C=O) groups is 4. The van der Waals surface area contributed by atoms with Gasteiger partial charge in [-0.15, -0.1) is 0 Å². The quantitative estimate of drug-likeness (QED) is 0.0211. The summed E-state index contributed by atoms with van der Waals surface area (Å²) in [5.74, 6) is -6.06. The molecule has 0 saturated carbocycles. The van der Waals surface area contributed by atoms with Crippen molar-refractivity contribution in [3.05, 3.63) is 235 Å². The lowest BCUT2D eigenvalue weighted by atomic mass is 10.1. The average Bonchev–Trinajstić information content (AvgIpc) is 0.860. The molecule has 0 amide bonds. The lowest BCUT2D eigenvalue weighted by Gasteiger charge is -2.15. The molecular formula is C67H68Cl14F7O13S5-7. The maximum absolute atomic E-state index is 13.2. The van der Waals surface area contributed by atoms with Gasteiger partial charge >= 0.3 is 23.9 Å². The third kappa shape index (κ3) is 37.2. The molecular weight excluding hydrogens is 1800 g/mol. The molecule has 0 saturated heterocycles. The normalized spacial score (nSPS) is 12.0. The lowest BCUT2D eigenvalue weighted by molar-refractivity contribution is -0.146. The molecule has 0 bridgehead atoms. The highest BCUT2D eigenvalue weighted by atomic mass is 35.5.